The van der Waals surface area contributed by atoms with Gasteiger partial charge in [-0.15, -0.1) is 0 Å². The van der Waals surface area contributed by atoms with E-state index in [1.54, 1.807) is 0 Å². The molecule has 2 N–H and O–H groups in total. The lowest BCUT2D eigenvalue weighted by Gasteiger charge is -2.36. The summed E-state index contributed by atoms with van der Waals surface area (Å²) in [5.74, 6) is 3.20. The Bertz CT molecular complexity index is 1580. The van der Waals surface area contributed by atoms with Gasteiger partial charge in [0.2, 0.25) is 5.95 Å². The fraction of sp³-hybridized carbons (Fsp3) is 0.286. The van der Waals surface area contributed by atoms with E-state index in [1.165, 1.54) is 5.56 Å². The van der Waals surface area contributed by atoms with Gasteiger partial charge in [-0.05, 0) is 60.9 Å². The molecule has 7 rings (SSSR count). The maximum Gasteiger partial charge on any atom is 0.258 e. The minimum atomic E-state index is 0.459. The number of imidazole rings is 1. The molecule has 0 radical (unpaired) electrons. The lowest BCUT2D eigenvalue weighted by Crippen LogP contribution is -2.46. The number of hydrogen-bond donors (Lipinski definition) is 2. The fourth-order valence-corrected chi connectivity index (χ4v) is 5.19. The topological polar surface area (TPSA) is 99.0 Å². The van der Waals surface area contributed by atoms with E-state index in [0.29, 0.717) is 17.8 Å². The first-order valence-electron chi connectivity index (χ1n) is 13.0. The maximum absolute atomic E-state index is 6.40. The summed E-state index contributed by atoms with van der Waals surface area (Å²) in [6, 6.07) is 18.1. The van der Waals surface area contributed by atoms with Crippen LogP contribution in [0.5, 0.6) is 0 Å². The number of halogens is 1. The summed E-state index contributed by atoms with van der Waals surface area (Å²) in [7, 11) is 0. The number of H-pyrrole nitrogens is 1. The Morgan fingerprint density at radius 1 is 1.00 bits per heavy atom. The maximum atomic E-state index is 6.40. The Hall–Kier alpha value is -3.95. The zero-order valence-corrected chi connectivity index (χ0v) is 21.5. The number of piperazine rings is 1. The second-order valence-electron chi connectivity index (χ2n) is 9.94. The Morgan fingerprint density at radius 3 is 2.71 bits per heavy atom. The Kier molecular flexibility index (Phi) is 5.94. The number of pyridine rings is 1. The van der Waals surface area contributed by atoms with Gasteiger partial charge in [0.15, 0.2) is 5.82 Å². The van der Waals surface area contributed by atoms with Gasteiger partial charge in [0.25, 0.3) is 5.89 Å². The predicted molar refractivity (Wildman–Crippen MR) is 148 cm³/mol. The van der Waals surface area contributed by atoms with Crippen LogP contribution in [0.25, 0.3) is 22.5 Å². The van der Waals surface area contributed by atoms with Gasteiger partial charge in [0, 0.05) is 50.4 Å². The first-order chi connectivity index (χ1) is 18.7. The van der Waals surface area contributed by atoms with Crippen LogP contribution in [0.1, 0.15) is 30.1 Å². The number of benzene rings is 2. The number of anilines is 3. The second-order valence-corrected chi connectivity index (χ2v) is 10.3. The normalized spacial score (nSPS) is 16.3. The van der Waals surface area contributed by atoms with E-state index >= 15 is 0 Å². The summed E-state index contributed by atoms with van der Waals surface area (Å²) in [4.78, 5) is 21.9. The smallest absolute Gasteiger partial charge is 0.258 e. The van der Waals surface area contributed by atoms with Gasteiger partial charge in [-0.2, -0.15) is 4.98 Å². The third-order valence-corrected chi connectivity index (χ3v) is 7.48. The molecule has 4 heterocycles. The molecule has 2 aliphatic rings. The summed E-state index contributed by atoms with van der Waals surface area (Å²) in [6.45, 7) is 4.72. The van der Waals surface area contributed by atoms with Gasteiger partial charge in [-0.25, -0.2) is 9.97 Å². The van der Waals surface area contributed by atoms with Crippen molar-refractivity contribution in [2.24, 2.45) is 0 Å². The van der Waals surface area contributed by atoms with Crippen molar-refractivity contribution in [2.75, 3.05) is 36.4 Å². The highest BCUT2D eigenvalue weighted by Crippen LogP contribution is 2.39. The molecule has 0 unspecified atom stereocenters. The van der Waals surface area contributed by atoms with Crippen LogP contribution in [0.2, 0.25) is 5.02 Å². The van der Waals surface area contributed by atoms with Crippen LogP contribution in [-0.4, -0.2) is 56.2 Å². The summed E-state index contributed by atoms with van der Waals surface area (Å²) >= 11 is 6.40. The van der Waals surface area contributed by atoms with E-state index in [-0.39, 0.29) is 0 Å². The van der Waals surface area contributed by atoms with Crippen molar-refractivity contribution < 1.29 is 4.52 Å². The Labute approximate surface area is 224 Å². The molecule has 2 fully saturated rings. The highest BCUT2D eigenvalue weighted by molar-refractivity contribution is 6.33. The van der Waals surface area contributed by atoms with Crippen molar-refractivity contribution in [3.05, 3.63) is 77.2 Å². The van der Waals surface area contributed by atoms with Gasteiger partial charge < -0.3 is 19.7 Å². The molecule has 1 aliphatic heterocycles. The number of para-hydroxylation sites is 1. The average molecular weight is 527 g/mol. The fourth-order valence-electron chi connectivity index (χ4n) is 4.94. The van der Waals surface area contributed by atoms with Crippen LogP contribution in [0.15, 0.2) is 65.3 Å². The average Bonchev–Trinajstić information content (AvgIpc) is 3.52. The van der Waals surface area contributed by atoms with Gasteiger partial charge >= 0.3 is 0 Å². The number of aromatic nitrogens is 5. The van der Waals surface area contributed by atoms with Gasteiger partial charge in [-0.3, -0.25) is 4.90 Å². The molecule has 5 aromatic rings. The number of fused-ring (bicyclic) bond motifs is 1. The predicted octanol–water partition coefficient (Wildman–Crippen LogP) is 5.60. The van der Waals surface area contributed by atoms with Crippen molar-refractivity contribution >= 4 is 40.1 Å². The van der Waals surface area contributed by atoms with Crippen LogP contribution < -0.4 is 10.2 Å². The number of rotatable bonds is 7. The molecule has 9 nitrogen and oxygen atoms in total. The van der Waals surface area contributed by atoms with E-state index in [9.17, 15) is 0 Å². The number of nitrogens with one attached hydrogen (secondary N) is 2. The van der Waals surface area contributed by atoms with Gasteiger partial charge in [0.05, 0.1) is 21.7 Å². The van der Waals surface area contributed by atoms with E-state index < -0.39 is 0 Å². The van der Waals surface area contributed by atoms with Gasteiger partial charge in [0.1, 0.15) is 5.82 Å². The molecular formula is C28H27ClN8O. The molecule has 0 bridgehead atoms. The second kappa shape index (κ2) is 9.74. The highest BCUT2D eigenvalue weighted by atomic mass is 35.5. The lowest BCUT2D eigenvalue weighted by molar-refractivity contribution is 0.250. The molecule has 1 aliphatic carbocycles. The third-order valence-electron chi connectivity index (χ3n) is 7.16. The van der Waals surface area contributed by atoms with E-state index in [1.807, 2.05) is 42.6 Å². The Morgan fingerprint density at radius 2 is 1.87 bits per heavy atom. The van der Waals surface area contributed by atoms with Crippen LogP contribution in [0, 0.1) is 0 Å². The number of hydrogen-bond acceptors (Lipinski definition) is 8. The van der Waals surface area contributed by atoms with Crippen molar-refractivity contribution in [1.82, 2.24) is 30.0 Å². The molecule has 0 atom stereocenters. The van der Waals surface area contributed by atoms with Crippen molar-refractivity contribution in [3.63, 3.8) is 0 Å². The lowest BCUT2D eigenvalue weighted by atomic mass is 10.2. The molecule has 1 saturated heterocycles. The minimum Gasteiger partial charge on any atom is -0.368 e. The monoisotopic (exact) mass is 526 g/mol. The molecule has 0 amide bonds. The summed E-state index contributed by atoms with van der Waals surface area (Å²) in [6.07, 6.45) is 4.12. The summed E-state index contributed by atoms with van der Waals surface area (Å²) in [5.41, 5.74) is 4.94. The van der Waals surface area contributed by atoms with Crippen molar-refractivity contribution in [2.45, 2.75) is 25.3 Å². The van der Waals surface area contributed by atoms with Gasteiger partial charge in [-0.1, -0.05) is 28.9 Å². The Balaban J connectivity index is 1.00. The summed E-state index contributed by atoms with van der Waals surface area (Å²) < 4.78 is 5.48. The highest BCUT2D eigenvalue weighted by Gasteiger charge is 2.29. The van der Waals surface area contributed by atoms with Crippen molar-refractivity contribution in [1.29, 1.82) is 0 Å². The first-order valence-corrected chi connectivity index (χ1v) is 13.3. The van der Waals surface area contributed by atoms with E-state index in [2.05, 4.69) is 58.4 Å². The molecule has 1 saturated carbocycles. The molecular weight excluding hydrogens is 500 g/mol. The molecule has 0 spiro atoms. The first kappa shape index (κ1) is 23.2. The number of aromatic amines is 1. The largest absolute Gasteiger partial charge is 0.368 e. The zero-order chi connectivity index (χ0) is 25.5. The van der Waals surface area contributed by atoms with Crippen LogP contribution in [-0.2, 0) is 6.54 Å². The van der Waals surface area contributed by atoms with E-state index in [4.69, 9.17) is 16.1 Å². The third kappa shape index (κ3) is 4.82. The molecule has 38 heavy (non-hydrogen) atoms. The minimum absolute atomic E-state index is 0.459. The van der Waals surface area contributed by atoms with Crippen molar-refractivity contribution in [3.8, 4) is 11.5 Å². The van der Waals surface area contributed by atoms with Crippen LogP contribution in [0.4, 0.5) is 17.5 Å². The van der Waals surface area contributed by atoms with E-state index in [0.717, 1.165) is 84.5 Å². The standard InChI is InChI=1S/C28H27ClN8O/c29-21-3-1-2-4-24(21)37-13-11-36(12-14-37)17-18-9-10-30-25(15-18)33-28-31-22-8-7-20(16-23(22)32-28)27-34-26(35-38-27)19-5-6-19/h1-4,7-10,15-16,19H,5-6,11-14,17H2,(H2,30,31,32,33). The zero-order valence-electron chi connectivity index (χ0n) is 20.8. The SMILES string of the molecule is Clc1ccccc1N1CCN(Cc2ccnc(Nc3nc4ccc(-c5nc(C6CC6)no5)cc4[nH]3)c2)CC1. The molecule has 192 valence electrons. The molecule has 2 aromatic carbocycles. The quantitative estimate of drug-likeness (QED) is 0.282. The van der Waals surface area contributed by atoms with Crippen LogP contribution >= 0.6 is 11.6 Å². The molecule has 3 aromatic heterocycles. The number of nitrogens with zero attached hydrogens (tertiary/aromatic N) is 6. The molecule has 10 heteroatoms. The van der Waals surface area contributed by atoms with Crippen LogP contribution in [0.3, 0.4) is 0 Å². The summed E-state index contributed by atoms with van der Waals surface area (Å²) in [5, 5.41) is 8.25.